The molecule has 6 heteroatoms. The Morgan fingerprint density at radius 1 is 1.67 bits per heavy atom. The molecule has 1 atom stereocenters. The number of anilines is 2. The van der Waals surface area contributed by atoms with Gasteiger partial charge in [0.1, 0.15) is 0 Å². The summed E-state index contributed by atoms with van der Waals surface area (Å²) in [4.78, 5) is 6.41. The third-order valence-corrected chi connectivity index (χ3v) is 3.28. The summed E-state index contributed by atoms with van der Waals surface area (Å²) in [5.41, 5.74) is 6.29. The molecule has 18 heavy (non-hydrogen) atoms. The van der Waals surface area contributed by atoms with Gasteiger partial charge >= 0.3 is 0 Å². The Morgan fingerprint density at radius 3 is 3.00 bits per heavy atom. The number of rotatable bonds is 2. The van der Waals surface area contributed by atoms with Gasteiger partial charge in [0.15, 0.2) is 5.82 Å². The summed E-state index contributed by atoms with van der Waals surface area (Å²) in [6.07, 6.45) is 1.51. The Balaban J connectivity index is 2.26. The molecule has 1 aromatic rings. The van der Waals surface area contributed by atoms with Crippen LogP contribution in [0.15, 0.2) is 16.7 Å². The van der Waals surface area contributed by atoms with E-state index >= 15 is 0 Å². The summed E-state index contributed by atoms with van der Waals surface area (Å²) in [6.45, 7) is 5.28. The van der Waals surface area contributed by atoms with Gasteiger partial charge in [-0.25, -0.2) is 4.98 Å². The average Bonchev–Trinajstić information content (AvgIpc) is 2.26. The molecule has 0 amide bonds. The molecule has 1 fully saturated rings. The number of nitrogen functional groups attached to an aromatic ring is 1. The van der Waals surface area contributed by atoms with Gasteiger partial charge in [-0.3, -0.25) is 0 Å². The first kappa shape index (κ1) is 13.6. The number of hydrogen-bond acceptors (Lipinski definition) is 5. The molecule has 100 valence electrons. The van der Waals surface area contributed by atoms with E-state index < -0.39 is 0 Å². The van der Waals surface area contributed by atoms with E-state index in [9.17, 15) is 5.11 Å². The van der Waals surface area contributed by atoms with E-state index in [2.05, 4.69) is 25.8 Å². The second kappa shape index (κ2) is 5.03. The maximum Gasteiger partial charge on any atom is 0.152 e. The first-order chi connectivity index (χ1) is 8.41. The van der Waals surface area contributed by atoms with E-state index in [1.165, 1.54) is 0 Å². The predicted octanol–water partition coefficient (Wildman–Crippen LogP) is 1.40. The van der Waals surface area contributed by atoms with E-state index in [0.717, 1.165) is 10.3 Å². The summed E-state index contributed by atoms with van der Waals surface area (Å²) in [6, 6.07) is 1.83. The summed E-state index contributed by atoms with van der Waals surface area (Å²) in [5.74, 6) is 0.744. The summed E-state index contributed by atoms with van der Waals surface area (Å²) in [5, 5.41) is 9.29. The Labute approximate surface area is 115 Å². The van der Waals surface area contributed by atoms with E-state index in [1.807, 2.05) is 19.9 Å². The number of nitrogens with zero attached hydrogens (tertiary/aromatic N) is 2. The lowest BCUT2D eigenvalue weighted by atomic mass is 10.1. The number of halogens is 1. The molecule has 2 rings (SSSR count). The Hall–Kier alpha value is -0.850. The molecule has 0 bridgehead atoms. The number of pyridine rings is 1. The fraction of sp³-hybridized carbons (Fsp3) is 0.583. The first-order valence-electron chi connectivity index (χ1n) is 5.86. The highest BCUT2D eigenvalue weighted by atomic mass is 79.9. The van der Waals surface area contributed by atoms with Gasteiger partial charge in [-0.05, 0) is 35.8 Å². The molecule has 1 aromatic heterocycles. The topological polar surface area (TPSA) is 71.6 Å². The van der Waals surface area contributed by atoms with Crippen LogP contribution in [0, 0.1) is 0 Å². The standard InChI is InChI=1S/C12H18BrN3O2/c1-12(2)7-16(5-9(6-17)18-12)11-10(14)3-8(13)4-15-11/h3-4,9,17H,5-7,14H2,1-2H3. The molecule has 2 heterocycles. The van der Waals surface area contributed by atoms with Gasteiger partial charge in [0.2, 0.25) is 0 Å². The number of hydrogen-bond donors (Lipinski definition) is 2. The molecule has 1 aliphatic rings. The molecular formula is C12H18BrN3O2. The Morgan fingerprint density at radius 2 is 2.39 bits per heavy atom. The number of aromatic nitrogens is 1. The molecule has 0 saturated carbocycles. The fourth-order valence-electron chi connectivity index (χ4n) is 2.26. The van der Waals surface area contributed by atoms with Crippen molar-refractivity contribution in [1.29, 1.82) is 0 Å². The van der Waals surface area contributed by atoms with Crippen molar-refractivity contribution < 1.29 is 9.84 Å². The number of aliphatic hydroxyl groups is 1. The van der Waals surface area contributed by atoms with Crippen LogP contribution in [0.25, 0.3) is 0 Å². The number of ether oxygens (including phenoxy) is 1. The minimum absolute atomic E-state index is 0.00361. The molecular weight excluding hydrogens is 298 g/mol. The maximum absolute atomic E-state index is 9.29. The number of nitrogens with two attached hydrogens (primary N) is 1. The van der Waals surface area contributed by atoms with Crippen molar-refractivity contribution in [2.45, 2.75) is 25.6 Å². The van der Waals surface area contributed by atoms with Crippen LogP contribution in [0.5, 0.6) is 0 Å². The van der Waals surface area contributed by atoms with E-state index in [0.29, 0.717) is 18.8 Å². The van der Waals surface area contributed by atoms with Crippen molar-refractivity contribution in [3.8, 4) is 0 Å². The first-order valence-corrected chi connectivity index (χ1v) is 6.65. The van der Waals surface area contributed by atoms with Crippen LogP contribution >= 0.6 is 15.9 Å². The van der Waals surface area contributed by atoms with Gasteiger partial charge in [-0.1, -0.05) is 0 Å². The van der Waals surface area contributed by atoms with Gasteiger partial charge in [-0.15, -0.1) is 0 Å². The monoisotopic (exact) mass is 315 g/mol. The Kier molecular flexibility index (Phi) is 3.79. The van der Waals surface area contributed by atoms with Crippen LogP contribution in [-0.4, -0.2) is 41.5 Å². The summed E-state index contributed by atoms with van der Waals surface area (Å²) < 4.78 is 6.63. The van der Waals surface area contributed by atoms with Crippen molar-refractivity contribution in [1.82, 2.24) is 4.98 Å². The predicted molar refractivity (Wildman–Crippen MR) is 74.6 cm³/mol. The molecule has 0 aliphatic carbocycles. The zero-order valence-electron chi connectivity index (χ0n) is 10.6. The lowest BCUT2D eigenvalue weighted by Gasteiger charge is -2.43. The van der Waals surface area contributed by atoms with Crippen LogP contribution in [0.3, 0.4) is 0 Å². The minimum Gasteiger partial charge on any atom is -0.396 e. The largest absolute Gasteiger partial charge is 0.396 e. The Bertz CT molecular complexity index is 439. The van der Waals surface area contributed by atoms with Gasteiger partial charge in [0.25, 0.3) is 0 Å². The highest BCUT2D eigenvalue weighted by molar-refractivity contribution is 9.10. The van der Waals surface area contributed by atoms with Crippen molar-refractivity contribution in [3.63, 3.8) is 0 Å². The number of morpholine rings is 1. The normalized spacial score (nSPS) is 23.1. The molecule has 0 radical (unpaired) electrons. The molecule has 0 spiro atoms. The lowest BCUT2D eigenvalue weighted by Crippen LogP contribution is -2.54. The zero-order valence-corrected chi connectivity index (χ0v) is 12.1. The van der Waals surface area contributed by atoms with Crippen molar-refractivity contribution in [3.05, 3.63) is 16.7 Å². The van der Waals surface area contributed by atoms with Crippen LogP contribution in [-0.2, 0) is 4.74 Å². The van der Waals surface area contributed by atoms with Crippen molar-refractivity contribution >= 4 is 27.4 Å². The average molecular weight is 316 g/mol. The van der Waals surface area contributed by atoms with Crippen molar-refractivity contribution in [2.24, 2.45) is 0 Å². The van der Waals surface area contributed by atoms with Gasteiger partial charge < -0.3 is 20.5 Å². The zero-order chi connectivity index (χ0) is 13.3. The maximum atomic E-state index is 9.29. The van der Waals surface area contributed by atoms with Gasteiger partial charge in [0.05, 0.1) is 24.0 Å². The van der Waals surface area contributed by atoms with Crippen molar-refractivity contribution in [2.75, 3.05) is 30.3 Å². The van der Waals surface area contributed by atoms with Gasteiger partial charge in [-0.2, -0.15) is 0 Å². The SMILES string of the molecule is CC1(C)CN(c2ncc(Br)cc2N)CC(CO)O1. The van der Waals surface area contributed by atoms with E-state index in [4.69, 9.17) is 10.5 Å². The molecule has 0 aromatic carbocycles. The van der Waals surface area contributed by atoms with E-state index in [-0.39, 0.29) is 18.3 Å². The minimum atomic E-state index is -0.327. The van der Waals surface area contributed by atoms with Crippen LogP contribution < -0.4 is 10.6 Å². The van der Waals surface area contributed by atoms with Gasteiger partial charge in [0, 0.05) is 23.8 Å². The third kappa shape index (κ3) is 2.93. The lowest BCUT2D eigenvalue weighted by molar-refractivity contribution is -0.101. The number of aliphatic hydroxyl groups excluding tert-OH is 1. The van der Waals surface area contributed by atoms with Crippen LogP contribution in [0.1, 0.15) is 13.8 Å². The fourth-order valence-corrected chi connectivity index (χ4v) is 2.61. The molecule has 1 aliphatic heterocycles. The quantitative estimate of drug-likeness (QED) is 0.863. The second-order valence-electron chi connectivity index (χ2n) is 5.13. The summed E-state index contributed by atoms with van der Waals surface area (Å²) >= 11 is 3.34. The highest BCUT2D eigenvalue weighted by Gasteiger charge is 2.34. The highest BCUT2D eigenvalue weighted by Crippen LogP contribution is 2.29. The van der Waals surface area contributed by atoms with Crippen LogP contribution in [0.4, 0.5) is 11.5 Å². The molecule has 1 unspecified atom stereocenters. The summed E-state index contributed by atoms with van der Waals surface area (Å²) in [7, 11) is 0. The third-order valence-electron chi connectivity index (χ3n) is 2.85. The van der Waals surface area contributed by atoms with Crippen LogP contribution in [0.2, 0.25) is 0 Å². The second-order valence-corrected chi connectivity index (χ2v) is 6.04. The molecule has 1 saturated heterocycles. The van der Waals surface area contributed by atoms with E-state index in [1.54, 1.807) is 6.20 Å². The molecule has 3 N–H and O–H groups in total. The molecule has 5 nitrogen and oxygen atoms in total. The smallest absolute Gasteiger partial charge is 0.152 e.